The summed E-state index contributed by atoms with van der Waals surface area (Å²) in [5, 5.41) is 2.80. The van der Waals surface area contributed by atoms with Crippen LogP contribution in [0.15, 0.2) is 0 Å². The van der Waals surface area contributed by atoms with E-state index in [9.17, 15) is 4.79 Å². The van der Waals surface area contributed by atoms with Crippen molar-refractivity contribution in [1.82, 2.24) is 5.32 Å². The van der Waals surface area contributed by atoms with Gasteiger partial charge in [0.25, 0.3) is 0 Å². The molecule has 2 nitrogen and oxygen atoms in total. The molecule has 0 spiro atoms. The number of nitrogens with one attached hydrogen (secondary N) is 1. The Morgan fingerprint density at radius 2 is 2.20 bits per heavy atom. The Morgan fingerprint density at radius 1 is 1.60 bits per heavy atom. The van der Waals surface area contributed by atoms with E-state index in [2.05, 4.69) is 21.2 Å². The highest BCUT2D eigenvalue weighted by Gasteiger charge is 2.09. The van der Waals surface area contributed by atoms with Gasteiger partial charge >= 0.3 is 0 Å². The molecular formula is C7H14BrNO. The summed E-state index contributed by atoms with van der Waals surface area (Å²) in [6.45, 7) is 4.79. The Labute approximate surface area is 70.5 Å². The second-order valence-electron chi connectivity index (χ2n) is 2.17. The lowest BCUT2D eigenvalue weighted by atomic mass is 10.3. The average Bonchev–Trinajstić information content (AvgIpc) is 1.98. The number of hydrogen-bond acceptors (Lipinski definition) is 1. The van der Waals surface area contributed by atoms with Gasteiger partial charge in [-0.3, -0.25) is 4.79 Å². The van der Waals surface area contributed by atoms with Crippen LogP contribution in [0.3, 0.4) is 0 Å². The van der Waals surface area contributed by atoms with Crippen molar-refractivity contribution in [2.75, 3.05) is 6.54 Å². The van der Waals surface area contributed by atoms with Gasteiger partial charge in [0.05, 0.1) is 4.83 Å². The third-order valence-electron chi connectivity index (χ3n) is 1.19. The summed E-state index contributed by atoms with van der Waals surface area (Å²) in [5.41, 5.74) is 0. The van der Waals surface area contributed by atoms with Gasteiger partial charge in [0.15, 0.2) is 0 Å². The lowest BCUT2D eigenvalue weighted by Gasteiger charge is -2.06. The predicted octanol–water partition coefficient (Wildman–Crippen LogP) is 1.69. The van der Waals surface area contributed by atoms with Crippen LogP contribution >= 0.6 is 15.9 Å². The van der Waals surface area contributed by atoms with E-state index < -0.39 is 0 Å². The molecule has 1 amide bonds. The maximum atomic E-state index is 11.0. The van der Waals surface area contributed by atoms with E-state index in [1.807, 2.05) is 13.8 Å². The van der Waals surface area contributed by atoms with Gasteiger partial charge in [-0.05, 0) is 12.8 Å². The number of amides is 1. The molecule has 0 aromatic heterocycles. The molecule has 0 fully saturated rings. The first-order valence-electron chi connectivity index (χ1n) is 3.64. The van der Waals surface area contributed by atoms with Crippen LogP contribution in [-0.2, 0) is 4.79 Å². The third-order valence-corrected chi connectivity index (χ3v) is 2.26. The Balaban J connectivity index is 3.42. The van der Waals surface area contributed by atoms with Gasteiger partial charge in [0, 0.05) is 6.54 Å². The zero-order valence-corrected chi connectivity index (χ0v) is 8.07. The smallest absolute Gasteiger partial charge is 0.233 e. The summed E-state index contributed by atoms with van der Waals surface area (Å²) in [4.78, 5) is 11.0. The largest absolute Gasteiger partial charge is 0.355 e. The molecule has 0 bridgehead atoms. The van der Waals surface area contributed by atoms with Gasteiger partial charge in [0.1, 0.15) is 0 Å². The zero-order chi connectivity index (χ0) is 7.98. The van der Waals surface area contributed by atoms with Crippen molar-refractivity contribution in [2.24, 2.45) is 0 Å². The maximum Gasteiger partial charge on any atom is 0.233 e. The quantitative estimate of drug-likeness (QED) is 0.699. The predicted molar refractivity (Wildman–Crippen MR) is 46.3 cm³/mol. The summed E-state index contributed by atoms with van der Waals surface area (Å²) >= 11 is 3.26. The van der Waals surface area contributed by atoms with Gasteiger partial charge in [0.2, 0.25) is 5.91 Å². The molecule has 60 valence electrons. The molecule has 0 rings (SSSR count). The van der Waals surface area contributed by atoms with Crippen molar-refractivity contribution in [3.8, 4) is 0 Å². The van der Waals surface area contributed by atoms with E-state index in [1.165, 1.54) is 0 Å². The molecule has 0 heterocycles. The van der Waals surface area contributed by atoms with E-state index in [1.54, 1.807) is 0 Å². The van der Waals surface area contributed by atoms with E-state index in [0.29, 0.717) is 0 Å². The van der Waals surface area contributed by atoms with Gasteiger partial charge in [-0.1, -0.05) is 29.8 Å². The normalized spacial score (nSPS) is 12.7. The topological polar surface area (TPSA) is 29.1 Å². The van der Waals surface area contributed by atoms with E-state index in [4.69, 9.17) is 0 Å². The molecule has 0 saturated carbocycles. The second kappa shape index (κ2) is 5.71. The molecule has 0 aromatic rings. The van der Waals surface area contributed by atoms with Crippen molar-refractivity contribution >= 4 is 21.8 Å². The molecule has 0 radical (unpaired) electrons. The SMILES string of the molecule is CCCNC(=O)[C@@H](Br)CC. The lowest BCUT2D eigenvalue weighted by molar-refractivity contribution is -0.120. The Hall–Kier alpha value is -0.0500. The molecule has 0 saturated heterocycles. The minimum Gasteiger partial charge on any atom is -0.355 e. The first-order chi connectivity index (χ1) is 4.72. The molecule has 10 heavy (non-hydrogen) atoms. The molecule has 1 atom stereocenters. The average molecular weight is 208 g/mol. The van der Waals surface area contributed by atoms with E-state index >= 15 is 0 Å². The molecule has 0 aliphatic heterocycles. The molecule has 1 N–H and O–H groups in total. The van der Waals surface area contributed by atoms with Crippen molar-refractivity contribution < 1.29 is 4.79 Å². The van der Waals surface area contributed by atoms with Crippen molar-refractivity contribution in [3.63, 3.8) is 0 Å². The lowest BCUT2D eigenvalue weighted by Crippen LogP contribution is -2.31. The second-order valence-corrected chi connectivity index (χ2v) is 3.27. The minimum atomic E-state index is -0.0148. The maximum absolute atomic E-state index is 11.0. The highest BCUT2D eigenvalue weighted by molar-refractivity contribution is 9.10. The molecule has 0 aliphatic carbocycles. The van der Waals surface area contributed by atoms with Crippen LogP contribution in [0.2, 0.25) is 0 Å². The summed E-state index contributed by atoms with van der Waals surface area (Å²) in [7, 11) is 0. The summed E-state index contributed by atoms with van der Waals surface area (Å²) in [6.07, 6.45) is 1.84. The fourth-order valence-electron chi connectivity index (χ4n) is 0.544. The van der Waals surface area contributed by atoms with Crippen LogP contribution in [0.4, 0.5) is 0 Å². The summed E-state index contributed by atoms with van der Waals surface area (Å²) in [6, 6.07) is 0. The van der Waals surface area contributed by atoms with E-state index in [-0.39, 0.29) is 10.7 Å². The highest BCUT2D eigenvalue weighted by Crippen LogP contribution is 2.03. The van der Waals surface area contributed by atoms with Gasteiger partial charge in [-0.25, -0.2) is 0 Å². The monoisotopic (exact) mass is 207 g/mol. The fourth-order valence-corrected chi connectivity index (χ4v) is 0.706. The number of rotatable bonds is 4. The van der Waals surface area contributed by atoms with Gasteiger partial charge in [-0.15, -0.1) is 0 Å². The minimum absolute atomic E-state index is 0.0148. The first kappa shape index (κ1) is 9.95. The summed E-state index contributed by atoms with van der Waals surface area (Å²) in [5.74, 6) is 0.101. The summed E-state index contributed by atoms with van der Waals surface area (Å²) < 4.78 is 0. The van der Waals surface area contributed by atoms with E-state index in [0.717, 1.165) is 19.4 Å². The number of halogens is 1. The van der Waals surface area contributed by atoms with Gasteiger partial charge < -0.3 is 5.32 Å². The zero-order valence-electron chi connectivity index (χ0n) is 6.48. The van der Waals surface area contributed by atoms with Crippen LogP contribution in [0.5, 0.6) is 0 Å². The number of carbonyl (C=O) groups excluding carboxylic acids is 1. The number of carbonyl (C=O) groups is 1. The van der Waals surface area contributed by atoms with Crippen LogP contribution in [-0.4, -0.2) is 17.3 Å². The first-order valence-corrected chi connectivity index (χ1v) is 4.55. The molecule has 0 aliphatic rings. The standard InChI is InChI=1S/C7H14BrNO/c1-3-5-9-7(10)6(8)4-2/h6H,3-5H2,1-2H3,(H,9,10)/t6-/m0/s1. The Morgan fingerprint density at radius 3 is 2.60 bits per heavy atom. The van der Waals surface area contributed by atoms with Gasteiger partial charge in [-0.2, -0.15) is 0 Å². The molecule has 0 aromatic carbocycles. The highest BCUT2D eigenvalue weighted by atomic mass is 79.9. The van der Waals surface area contributed by atoms with Crippen molar-refractivity contribution in [3.05, 3.63) is 0 Å². The van der Waals surface area contributed by atoms with Crippen molar-refractivity contribution in [1.29, 1.82) is 0 Å². The Bertz CT molecular complexity index is 106. The molecule has 0 unspecified atom stereocenters. The number of alkyl halides is 1. The van der Waals surface area contributed by atoms with Crippen LogP contribution in [0, 0.1) is 0 Å². The van der Waals surface area contributed by atoms with Crippen LogP contribution in [0.1, 0.15) is 26.7 Å². The van der Waals surface area contributed by atoms with Crippen molar-refractivity contribution in [2.45, 2.75) is 31.5 Å². The Kier molecular flexibility index (Phi) is 5.69. The number of hydrogen-bond donors (Lipinski definition) is 1. The van der Waals surface area contributed by atoms with Crippen LogP contribution in [0.25, 0.3) is 0 Å². The molecule has 3 heteroatoms. The molecular weight excluding hydrogens is 194 g/mol. The third kappa shape index (κ3) is 3.88. The fraction of sp³-hybridized carbons (Fsp3) is 0.857. The van der Waals surface area contributed by atoms with Crippen LogP contribution < -0.4 is 5.32 Å².